The number of nitrogens with one attached hydrogen (secondary N) is 1. The van der Waals surface area contributed by atoms with Crippen molar-refractivity contribution in [1.82, 2.24) is 19.9 Å². The van der Waals surface area contributed by atoms with Crippen molar-refractivity contribution in [3.05, 3.63) is 24.3 Å². The highest BCUT2D eigenvalue weighted by Gasteiger charge is 2.29. The average molecular weight is 244 g/mol. The third kappa shape index (κ3) is 2.01. The molecule has 4 nitrogen and oxygen atoms in total. The van der Waals surface area contributed by atoms with E-state index in [1.165, 1.54) is 24.2 Å². The van der Waals surface area contributed by atoms with E-state index in [0.29, 0.717) is 12.0 Å². The van der Waals surface area contributed by atoms with E-state index in [-0.39, 0.29) is 0 Å². The van der Waals surface area contributed by atoms with Gasteiger partial charge in [-0.2, -0.15) is 0 Å². The summed E-state index contributed by atoms with van der Waals surface area (Å²) in [4.78, 5) is 8.96. The van der Waals surface area contributed by atoms with Crippen LogP contribution in [0.1, 0.15) is 44.5 Å². The minimum atomic E-state index is 0.443. The molecule has 3 rings (SSSR count). The third-order valence-corrected chi connectivity index (χ3v) is 3.57. The molecule has 2 heterocycles. The van der Waals surface area contributed by atoms with Crippen LogP contribution in [-0.4, -0.2) is 27.6 Å². The third-order valence-electron chi connectivity index (χ3n) is 3.57. The molecule has 4 heteroatoms. The van der Waals surface area contributed by atoms with Crippen LogP contribution >= 0.6 is 0 Å². The second-order valence-corrected chi connectivity index (χ2v) is 5.14. The Balaban J connectivity index is 2.01. The number of rotatable bonds is 5. The van der Waals surface area contributed by atoms with Crippen molar-refractivity contribution < 1.29 is 0 Å². The molecule has 0 radical (unpaired) electrons. The fourth-order valence-electron chi connectivity index (χ4n) is 2.49. The summed E-state index contributed by atoms with van der Waals surface area (Å²) in [5, 5.41) is 3.41. The summed E-state index contributed by atoms with van der Waals surface area (Å²) in [5.41, 5.74) is 2.27. The van der Waals surface area contributed by atoms with Crippen molar-refractivity contribution in [2.24, 2.45) is 0 Å². The number of hydrogen-bond acceptors (Lipinski definition) is 3. The van der Waals surface area contributed by atoms with E-state index >= 15 is 0 Å². The van der Waals surface area contributed by atoms with Gasteiger partial charge in [-0.25, -0.2) is 4.98 Å². The Labute approximate surface area is 107 Å². The van der Waals surface area contributed by atoms with Gasteiger partial charge in [-0.15, -0.1) is 0 Å². The number of nitrogens with zero attached hydrogens (tertiary/aromatic N) is 3. The molecule has 1 saturated carbocycles. The Morgan fingerprint density at radius 2 is 2.33 bits per heavy atom. The molecule has 0 saturated heterocycles. The molecule has 2 aromatic rings. The minimum Gasteiger partial charge on any atom is -0.325 e. The molecule has 1 N–H and O–H groups in total. The summed E-state index contributed by atoms with van der Waals surface area (Å²) in [5.74, 6) is 1.65. The molecule has 2 aromatic heterocycles. The van der Waals surface area contributed by atoms with Gasteiger partial charge in [0.15, 0.2) is 0 Å². The van der Waals surface area contributed by atoms with Crippen molar-refractivity contribution in [1.29, 1.82) is 0 Å². The first-order valence-corrected chi connectivity index (χ1v) is 6.83. The average Bonchev–Trinajstić information content (AvgIpc) is 3.15. The summed E-state index contributed by atoms with van der Waals surface area (Å²) < 4.78 is 2.43. The molecule has 18 heavy (non-hydrogen) atoms. The normalized spacial score (nSPS) is 17.2. The van der Waals surface area contributed by atoms with Crippen LogP contribution in [0.5, 0.6) is 0 Å². The Morgan fingerprint density at radius 1 is 1.50 bits per heavy atom. The fourth-order valence-corrected chi connectivity index (χ4v) is 2.49. The molecule has 0 spiro atoms. The predicted octanol–water partition coefficient (Wildman–Crippen LogP) is 2.48. The van der Waals surface area contributed by atoms with E-state index in [4.69, 9.17) is 4.98 Å². The van der Waals surface area contributed by atoms with E-state index in [1.54, 1.807) is 0 Å². The van der Waals surface area contributed by atoms with Gasteiger partial charge in [0.2, 0.25) is 0 Å². The van der Waals surface area contributed by atoms with Crippen molar-refractivity contribution in [3.8, 4) is 0 Å². The van der Waals surface area contributed by atoms with Crippen LogP contribution in [0.3, 0.4) is 0 Å². The second-order valence-electron chi connectivity index (χ2n) is 5.14. The monoisotopic (exact) mass is 244 g/mol. The molecule has 96 valence electrons. The summed E-state index contributed by atoms with van der Waals surface area (Å²) in [6, 6.07) is 2.75. The van der Waals surface area contributed by atoms with Crippen molar-refractivity contribution in [2.45, 2.75) is 38.6 Å². The van der Waals surface area contributed by atoms with Crippen LogP contribution in [0.25, 0.3) is 11.0 Å². The Hall–Kier alpha value is -1.42. The molecule has 1 unspecified atom stereocenters. The highest BCUT2D eigenvalue weighted by molar-refractivity contribution is 5.75. The van der Waals surface area contributed by atoms with Gasteiger partial charge in [0.05, 0.1) is 11.7 Å². The number of pyridine rings is 1. The van der Waals surface area contributed by atoms with Crippen LogP contribution in [0.2, 0.25) is 0 Å². The van der Waals surface area contributed by atoms with Crippen LogP contribution in [0.4, 0.5) is 0 Å². The fraction of sp³-hybridized carbons (Fsp3) is 0.571. The van der Waals surface area contributed by atoms with Crippen molar-refractivity contribution in [3.63, 3.8) is 0 Å². The lowest BCUT2D eigenvalue weighted by molar-refractivity contribution is 0.573. The molecular weight excluding hydrogens is 224 g/mol. The van der Waals surface area contributed by atoms with Gasteiger partial charge in [0, 0.05) is 24.7 Å². The standard InChI is InChI=1S/C14H20N4/c1-3-15-8-10(2)14-17-12-9-16-7-6-13(12)18(14)11-4-5-11/h6-7,9-11,15H,3-5,8H2,1-2H3. The molecule has 0 aromatic carbocycles. The van der Waals surface area contributed by atoms with Gasteiger partial charge in [0.25, 0.3) is 0 Å². The quantitative estimate of drug-likeness (QED) is 0.878. The van der Waals surface area contributed by atoms with E-state index in [0.717, 1.165) is 18.6 Å². The molecular formula is C14H20N4. The summed E-state index contributed by atoms with van der Waals surface area (Å²) in [7, 11) is 0. The zero-order valence-corrected chi connectivity index (χ0v) is 11.1. The molecule has 1 fully saturated rings. The van der Waals surface area contributed by atoms with Gasteiger partial charge in [0.1, 0.15) is 11.3 Å². The number of aromatic nitrogens is 3. The van der Waals surface area contributed by atoms with Crippen molar-refractivity contribution >= 4 is 11.0 Å². The molecule has 1 atom stereocenters. The largest absolute Gasteiger partial charge is 0.325 e. The number of imidazole rings is 1. The molecule has 0 amide bonds. The van der Waals surface area contributed by atoms with Gasteiger partial charge in [-0.1, -0.05) is 13.8 Å². The van der Waals surface area contributed by atoms with Gasteiger partial charge < -0.3 is 9.88 Å². The lowest BCUT2D eigenvalue weighted by atomic mass is 10.1. The molecule has 0 aliphatic heterocycles. The zero-order valence-electron chi connectivity index (χ0n) is 11.1. The lowest BCUT2D eigenvalue weighted by Gasteiger charge is -2.14. The topological polar surface area (TPSA) is 42.7 Å². The smallest absolute Gasteiger partial charge is 0.114 e. The van der Waals surface area contributed by atoms with Crippen molar-refractivity contribution in [2.75, 3.05) is 13.1 Å². The van der Waals surface area contributed by atoms with Gasteiger partial charge >= 0.3 is 0 Å². The number of likely N-dealkylation sites (N-methyl/N-ethyl adjacent to an activating group) is 1. The Bertz CT molecular complexity index is 542. The van der Waals surface area contributed by atoms with E-state index < -0.39 is 0 Å². The first-order valence-electron chi connectivity index (χ1n) is 6.83. The maximum atomic E-state index is 4.79. The number of fused-ring (bicyclic) bond motifs is 1. The van der Waals surface area contributed by atoms with E-state index in [2.05, 4.69) is 34.8 Å². The molecule has 1 aliphatic rings. The molecule has 1 aliphatic carbocycles. The summed E-state index contributed by atoms with van der Waals surface area (Å²) in [6.45, 7) is 6.38. The maximum absolute atomic E-state index is 4.79. The second kappa shape index (κ2) is 4.69. The van der Waals surface area contributed by atoms with Crippen LogP contribution in [-0.2, 0) is 0 Å². The zero-order chi connectivity index (χ0) is 12.5. The Kier molecular flexibility index (Phi) is 3.04. The predicted molar refractivity (Wildman–Crippen MR) is 72.8 cm³/mol. The van der Waals surface area contributed by atoms with Crippen LogP contribution < -0.4 is 5.32 Å². The highest BCUT2D eigenvalue weighted by Crippen LogP contribution is 2.39. The SMILES string of the molecule is CCNCC(C)c1nc2cnccc2n1C1CC1. The Morgan fingerprint density at radius 3 is 3.06 bits per heavy atom. The first kappa shape index (κ1) is 11.7. The first-order chi connectivity index (χ1) is 8.81. The van der Waals surface area contributed by atoms with Gasteiger partial charge in [-0.05, 0) is 25.5 Å². The summed E-state index contributed by atoms with van der Waals surface area (Å²) >= 11 is 0. The van der Waals surface area contributed by atoms with E-state index in [1.807, 2.05) is 12.4 Å². The lowest BCUT2D eigenvalue weighted by Crippen LogP contribution is -2.21. The van der Waals surface area contributed by atoms with E-state index in [9.17, 15) is 0 Å². The van der Waals surface area contributed by atoms with Crippen LogP contribution in [0.15, 0.2) is 18.5 Å². The van der Waals surface area contributed by atoms with Gasteiger partial charge in [-0.3, -0.25) is 4.98 Å². The summed E-state index contributed by atoms with van der Waals surface area (Å²) in [6.07, 6.45) is 6.31. The number of hydrogen-bond donors (Lipinski definition) is 1. The highest BCUT2D eigenvalue weighted by atomic mass is 15.1. The maximum Gasteiger partial charge on any atom is 0.114 e. The molecule has 0 bridgehead atoms. The van der Waals surface area contributed by atoms with Crippen LogP contribution in [0, 0.1) is 0 Å². The minimum absolute atomic E-state index is 0.443.